The summed E-state index contributed by atoms with van der Waals surface area (Å²) in [5.41, 5.74) is 0. The van der Waals surface area contributed by atoms with E-state index in [1.807, 2.05) is 11.9 Å². The van der Waals surface area contributed by atoms with Crippen LogP contribution in [0.3, 0.4) is 0 Å². The van der Waals surface area contributed by atoms with Crippen LogP contribution in [0.5, 0.6) is 0 Å². The Labute approximate surface area is 99.6 Å². The zero-order valence-electron chi connectivity index (χ0n) is 11.0. The van der Waals surface area contributed by atoms with Gasteiger partial charge in [-0.3, -0.25) is 4.79 Å². The van der Waals surface area contributed by atoms with E-state index in [0.717, 1.165) is 0 Å². The molecule has 1 unspecified atom stereocenters. The monoisotopic (exact) mass is 226 g/mol. The lowest BCUT2D eigenvalue weighted by molar-refractivity contribution is -0.129. The van der Waals surface area contributed by atoms with Gasteiger partial charge in [0.1, 0.15) is 0 Å². The van der Waals surface area contributed by atoms with Crippen molar-refractivity contribution in [3.8, 4) is 0 Å². The van der Waals surface area contributed by atoms with Crippen LogP contribution in [-0.4, -0.2) is 36.5 Å². The van der Waals surface area contributed by atoms with Gasteiger partial charge in [-0.25, -0.2) is 0 Å². The molecule has 0 aliphatic heterocycles. The molecule has 1 saturated carbocycles. The van der Waals surface area contributed by atoms with Crippen LogP contribution in [0, 0.1) is 0 Å². The van der Waals surface area contributed by atoms with Crippen molar-refractivity contribution in [1.82, 2.24) is 10.2 Å². The van der Waals surface area contributed by atoms with Crippen molar-refractivity contribution in [3.63, 3.8) is 0 Å². The molecule has 0 aromatic rings. The first-order chi connectivity index (χ1) is 7.65. The fourth-order valence-electron chi connectivity index (χ4n) is 1.85. The smallest absolute Gasteiger partial charge is 0.236 e. The largest absolute Gasteiger partial charge is 0.342 e. The number of amides is 1. The van der Waals surface area contributed by atoms with E-state index in [1.54, 1.807) is 0 Å². The highest BCUT2D eigenvalue weighted by atomic mass is 16.2. The topological polar surface area (TPSA) is 32.3 Å². The molecule has 1 rings (SSSR count). The van der Waals surface area contributed by atoms with Gasteiger partial charge in [0.15, 0.2) is 0 Å². The summed E-state index contributed by atoms with van der Waals surface area (Å²) in [6.07, 6.45) is 7.37. The summed E-state index contributed by atoms with van der Waals surface area (Å²) in [6.45, 7) is 4.88. The van der Waals surface area contributed by atoms with Crippen LogP contribution in [0.15, 0.2) is 0 Å². The molecule has 1 fully saturated rings. The fourth-order valence-corrected chi connectivity index (χ4v) is 1.85. The summed E-state index contributed by atoms with van der Waals surface area (Å²) in [5.74, 6) is 0.241. The van der Waals surface area contributed by atoms with Gasteiger partial charge in [-0.2, -0.15) is 0 Å². The number of nitrogens with zero attached hydrogens (tertiary/aromatic N) is 1. The van der Waals surface area contributed by atoms with Crippen LogP contribution < -0.4 is 5.32 Å². The number of hydrogen-bond donors (Lipinski definition) is 1. The first-order valence-electron chi connectivity index (χ1n) is 6.64. The molecule has 3 nitrogen and oxygen atoms in total. The van der Waals surface area contributed by atoms with Gasteiger partial charge < -0.3 is 10.2 Å². The maximum atomic E-state index is 11.7. The zero-order chi connectivity index (χ0) is 12.0. The number of nitrogens with one attached hydrogen (secondary N) is 1. The maximum absolute atomic E-state index is 11.7. The molecule has 1 aliphatic carbocycles. The number of carbonyl (C=O) groups is 1. The molecule has 16 heavy (non-hydrogen) atoms. The number of likely N-dealkylation sites (N-methyl/N-ethyl adjacent to an activating group) is 1. The molecule has 0 heterocycles. The quantitative estimate of drug-likeness (QED) is 0.643. The van der Waals surface area contributed by atoms with Crippen LogP contribution in [-0.2, 0) is 4.79 Å². The van der Waals surface area contributed by atoms with E-state index < -0.39 is 0 Å². The Hall–Kier alpha value is -0.570. The maximum Gasteiger partial charge on any atom is 0.236 e. The fraction of sp³-hybridized carbons (Fsp3) is 0.923. The molecule has 1 amide bonds. The van der Waals surface area contributed by atoms with Crippen molar-refractivity contribution in [2.75, 3.05) is 13.6 Å². The van der Waals surface area contributed by atoms with Crippen LogP contribution in [0.25, 0.3) is 0 Å². The van der Waals surface area contributed by atoms with Gasteiger partial charge >= 0.3 is 0 Å². The third-order valence-electron chi connectivity index (χ3n) is 3.33. The summed E-state index contributed by atoms with van der Waals surface area (Å²) in [7, 11) is 1.92. The lowest BCUT2D eigenvalue weighted by Gasteiger charge is -2.19. The highest BCUT2D eigenvalue weighted by Crippen LogP contribution is 2.25. The number of unbranched alkanes of at least 4 members (excludes halogenated alkanes) is 2. The molecule has 0 spiro atoms. The lowest BCUT2D eigenvalue weighted by atomic mass is 10.1. The molecule has 0 radical (unpaired) electrons. The molecule has 1 atom stereocenters. The Balaban J connectivity index is 2.05. The van der Waals surface area contributed by atoms with E-state index in [0.29, 0.717) is 18.6 Å². The standard InChI is InChI=1S/C13H26N2O/c1-4-5-6-7-11(2)14-10-13(16)15(3)12-8-9-12/h11-12,14H,4-10H2,1-3H3. The molecule has 0 aromatic carbocycles. The number of rotatable bonds is 8. The van der Waals surface area contributed by atoms with Crippen LogP contribution in [0.4, 0.5) is 0 Å². The van der Waals surface area contributed by atoms with E-state index in [4.69, 9.17) is 0 Å². The molecule has 3 heteroatoms. The Morgan fingerprint density at radius 1 is 1.44 bits per heavy atom. The molecule has 1 aliphatic rings. The molecule has 0 saturated heterocycles. The van der Waals surface area contributed by atoms with Gasteiger partial charge in [0, 0.05) is 19.1 Å². The molecule has 1 N–H and O–H groups in total. The van der Waals surface area contributed by atoms with Gasteiger partial charge in [-0.05, 0) is 26.2 Å². The van der Waals surface area contributed by atoms with Crippen molar-refractivity contribution >= 4 is 5.91 Å². The summed E-state index contributed by atoms with van der Waals surface area (Å²) in [6, 6.07) is 0.993. The minimum Gasteiger partial charge on any atom is -0.342 e. The average Bonchev–Trinajstić information content (AvgIpc) is 3.09. The first-order valence-corrected chi connectivity index (χ1v) is 6.64. The van der Waals surface area contributed by atoms with Gasteiger partial charge in [0.05, 0.1) is 6.54 Å². The van der Waals surface area contributed by atoms with E-state index in [-0.39, 0.29) is 5.91 Å². The van der Waals surface area contributed by atoms with Crippen molar-refractivity contribution in [2.45, 2.75) is 64.5 Å². The normalized spacial score (nSPS) is 17.2. The first kappa shape index (κ1) is 13.5. The number of carbonyl (C=O) groups excluding carboxylic acids is 1. The minimum atomic E-state index is 0.241. The van der Waals surface area contributed by atoms with E-state index >= 15 is 0 Å². The Bertz CT molecular complexity index is 214. The predicted molar refractivity (Wildman–Crippen MR) is 67.4 cm³/mol. The average molecular weight is 226 g/mol. The Kier molecular flexibility index (Phi) is 5.81. The summed E-state index contributed by atoms with van der Waals surface area (Å²) >= 11 is 0. The summed E-state index contributed by atoms with van der Waals surface area (Å²) < 4.78 is 0. The highest BCUT2D eigenvalue weighted by molar-refractivity contribution is 5.78. The Morgan fingerprint density at radius 2 is 2.12 bits per heavy atom. The number of hydrogen-bond acceptors (Lipinski definition) is 2. The zero-order valence-corrected chi connectivity index (χ0v) is 11.0. The second-order valence-electron chi connectivity index (χ2n) is 5.01. The van der Waals surface area contributed by atoms with Crippen molar-refractivity contribution in [3.05, 3.63) is 0 Å². The van der Waals surface area contributed by atoms with Crippen LogP contribution in [0.2, 0.25) is 0 Å². The Morgan fingerprint density at radius 3 is 2.69 bits per heavy atom. The third-order valence-corrected chi connectivity index (χ3v) is 3.33. The van der Waals surface area contributed by atoms with E-state index in [1.165, 1.54) is 38.5 Å². The van der Waals surface area contributed by atoms with Crippen molar-refractivity contribution in [2.24, 2.45) is 0 Å². The predicted octanol–water partition coefficient (Wildman–Crippen LogP) is 2.17. The highest BCUT2D eigenvalue weighted by Gasteiger charge is 2.29. The third kappa shape index (κ3) is 4.97. The molecule has 0 bridgehead atoms. The van der Waals surface area contributed by atoms with E-state index in [2.05, 4.69) is 19.2 Å². The van der Waals surface area contributed by atoms with Gasteiger partial charge in [-0.15, -0.1) is 0 Å². The molecule has 0 aromatic heterocycles. The van der Waals surface area contributed by atoms with Crippen LogP contribution >= 0.6 is 0 Å². The summed E-state index contributed by atoms with van der Waals surface area (Å²) in [5, 5.41) is 3.31. The van der Waals surface area contributed by atoms with Crippen LogP contribution in [0.1, 0.15) is 52.4 Å². The molecule has 94 valence electrons. The van der Waals surface area contributed by atoms with Gasteiger partial charge in [-0.1, -0.05) is 26.2 Å². The van der Waals surface area contributed by atoms with E-state index in [9.17, 15) is 4.79 Å². The second kappa shape index (κ2) is 6.89. The van der Waals surface area contributed by atoms with Crippen molar-refractivity contribution in [1.29, 1.82) is 0 Å². The lowest BCUT2D eigenvalue weighted by Crippen LogP contribution is -2.39. The van der Waals surface area contributed by atoms with Crippen molar-refractivity contribution < 1.29 is 4.79 Å². The molecular formula is C13H26N2O. The van der Waals surface area contributed by atoms with Gasteiger partial charge in [0.2, 0.25) is 5.91 Å². The minimum absolute atomic E-state index is 0.241. The molecular weight excluding hydrogens is 200 g/mol. The summed E-state index contributed by atoms with van der Waals surface area (Å²) in [4.78, 5) is 13.6. The second-order valence-corrected chi connectivity index (χ2v) is 5.01. The SMILES string of the molecule is CCCCCC(C)NCC(=O)N(C)C1CC1. The van der Waals surface area contributed by atoms with Gasteiger partial charge in [0.25, 0.3) is 0 Å².